The molecular weight excluding hydrogens is 352 g/mol. The Balaban J connectivity index is 1.87. The Hall–Kier alpha value is -3.41. The van der Waals surface area contributed by atoms with Crippen molar-refractivity contribution in [1.29, 1.82) is 0 Å². The number of amides is 1. The molecule has 3 rings (SSSR count). The number of ether oxygens (including phenoxy) is 1. The molecular formula is C22H24N4O2. The first-order chi connectivity index (χ1) is 13.5. The number of para-hydroxylation sites is 1. The SMILES string of the molecule is CCc1ccccc1Nc1cc(C(=O)Nc2cc(C)ccc2OC)nc(C)n1. The lowest BCUT2D eigenvalue weighted by molar-refractivity contribution is 0.102. The summed E-state index contributed by atoms with van der Waals surface area (Å²) < 4.78 is 5.33. The summed E-state index contributed by atoms with van der Waals surface area (Å²) >= 11 is 0. The van der Waals surface area contributed by atoms with Gasteiger partial charge in [0.25, 0.3) is 5.91 Å². The third kappa shape index (κ3) is 4.46. The van der Waals surface area contributed by atoms with Crippen LogP contribution < -0.4 is 15.4 Å². The van der Waals surface area contributed by atoms with E-state index in [1.807, 2.05) is 43.3 Å². The fourth-order valence-corrected chi connectivity index (χ4v) is 2.94. The lowest BCUT2D eigenvalue weighted by Crippen LogP contribution is -2.16. The molecule has 2 aromatic carbocycles. The van der Waals surface area contributed by atoms with E-state index in [4.69, 9.17) is 4.74 Å². The van der Waals surface area contributed by atoms with Crippen LogP contribution in [0.2, 0.25) is 0 Å². The lowest BCUT2D eigenvalue weighted by atomic mass is 10.1. The summed E-state index contributed by atoms with van der Waals surface area (Å²) in [5.74, 6) is 1.37. The number of hydrogen-bond acceptors (Lipinski definition) is 5. The number of nitrogens with one attached hydrogen (secondary N) is 2. The van der Waals surface area contributed by atoms with Crippen LogP contribution in [0.5, 0.6) is 5.75 Å². The monoisotopic (exact) mass is 376 g/mol. The van der Waals surface area contributed by atoms with Crippen molar-refractivity contribution in [2.45, 2.75) is 27.2 Å². The van der Waals surface area contributed by atoms with Gasteiger partial charge >= 0.3 is 0 Å². The van der Waals surface area contributed by atoms with E-state index in [1.54, 1.807) is 20.1 Å². The summed E-state index contributed by atoms with van der Waals surface area (Å²) in [5.41, 5.74) is 4.06. The average Bonchev–Trinajstić information content (AvgIpc) is 2.68. The highest BCUT2D eigenvalue weighted by molar-refractivity contribution is 6.04. The second-order valence-corrected chi connectivity index (χ2v) is 6.48. The zero-order chi connectivity index (χ0) is 20.1. The Morgan fingerprint density at radius 1 is 1.04 bits per heavy atom. The van der Waals surface area contributed by atoms with Crippen LogP contribution in [0.15, 0.2) is 48.5 Å². The number of hydrogen-bond donors (Lipinski definition) is 2. The molecule has 0 unspecified atom stereocenters. The van der Waals surface area contributed by atoms with Gasteiger partial charge in [-0.2, -0.15) is 0 Å². The minimum atomic E-state index is -0.318. The quantitative estimate of drug-likeness (QED) is 0.654. The molecule has 0 aliphatic rings. The Kier molecular flexibility index (Phi) is 5.89. The van der Waals surface area contributed by atoms with E-state index >= 15 is 0 Å². The molecule has 6 heteroatoms. The van der Waals surface area contributed by atoms with Gasteiger partial charge in [0.2, 0.25) is 0 Å². The van der Waals surface area contributed by atoms with Crippen LogP contribution in [0.25, 0.3) is 0 Å². The third-order valence-electron chi connectivity index (χ3n) is 4.33. The van der Waals surface area contributed by atoms with E-state index in [0.717, 1.165) is 17.7 Å². The van der Waals surface area contributed by atoms with Gasteiger partial charge in [0, 0.05) is 11.8 Å². The first-order valence-electron chi connectivity index (χ1n) is 9.16. The van der Waals surface area contributed by atoms with Crippen LogP contribution in [-0.4, -0.2) is 23.0 Å². The average molecular weight is 376 g/mol. The number of nitrogens with zero attached hydrogens (tertiary/aromatic N) is 2. The van der Waals surface area contributed by atoms with E-state index < -0.39 is 0 Å². The molecule has 0 aliphatic carbocycles. The summed E-state index contributed by atoms with van der Waals surface area (Å²) in [6, 6.07) is 15.3. The van der Waals surface area contributed by atoms with Gasteiger partial charge in [-0.1, -0.05) is 31.2 Å². The molecule has 0 radical (unpaired) electrons. The van der Waals surface area contributed by atoms with Crippen molar-refractivity contribution in [2.75, 3.05) is 17.7 Å². The van der Waals surface area contributed by atoms with Gasteiger partial charge in [-0.05, 0) is 49.6 Å². The predicted octanol–water partition coefficient (Wildman–Crippen LogP) is 4.66. The van der Waals surface area contributed by atoms with Gasteiger partial charge < -0.3 is 15.4 Å². The van der Waals surface area contributed by atoms with Gasteiger partial charge in [0.15, 0.2) is 0 Å². The minimum Gasteiger partial charge on any atom is -0.495 e. The van der Waals surface area contributed by atoms with Crippen LogP contribution >= 0.6 is 0 Å². The molecule has 2 N–H and O–H groups in total. The highest BCUT2D eigenvalue weighted by Gasteiger charge is 2.14. The number of carbonyl (C=O) groups excluding carboxylic acids is 1. The smallest absolute Gasteiger partial charge is 0.274 e. The first-order valence-corrected chi connectivity index (χ1v) is 9.16. The number of methoxy groups -OCH3 is 1. The summed E-state index contributed by atoms with van der Waals surface area (Å²) in [6.07, 6.45) is 0.897. The fraction of sp³-hybridized carbons (Fsp3) is 0.227. The molecule has 0 saturated heterocycles. The van der Waals surface area contributed by atoms with E-state index in [0.29, 0.717) is 23.1 Å². The molecule has 6 nitrogen and oxygen atoms in total. The second kappa shape index (κ2) is 8.52. The van der Waals surface area contributed by atoms with Gasteiger partial charge in [-0.15, -0.1) is 0 Å². The molecule has 0 fully saturated rings. The van der Waals surface area contributed by atoms with Crippen molar-refractivity contribution in [3.05, 3.63) is 71.2 Å². The Morgan fingerprint density at radius 3 is 2.57 bits per heavy atom. The molecule has 0 aliphatic heterocycles. The van der Waals surface area contributed by atoms with E-state index in [9.17, 15) is 4.79 Å². The molecule has 0 atom stereocenters. The standard InChI is InChI=1S/C22H24N4O2/c1-5-16-8-6-7-9-17(16)25-21-13-19(23-15(3)24-21)22(27)26-18-12-14(2)10-11-20(18)28-4/h6-13H,5H2,1-4H3,(H,26,27)(H,23,24,25). The number of anilines is 3. The number of aromatic nitrogens is 2. The van der Waals surface area contributed by atoms with Crippen LogP contribution in [0, 0.1) is 13.8 Å². The first kappa shape index (κ1) is 19.4. The van der Waals surface area contributed by atoms with Crippen molar-refractivity contribution in [3.8, 4) is 5.75 Å². The number of rotatable bonds is 6. The number of carbonyl (C=O) groups is 1. The minimum absolute atomic E-state index is 0.285. The van der Waals surface area contributed by atoms with Gasteiger partial charge in [0.1, 0.15) is 23.1 Å². The molecule has 3 aromatic rings. The fourth-order valence-electron chi connectivity index (χ4n) is 2.94. The molecule has 1 amide bonds. The van der Waals surface area contributed by atoms with E-state index in [-0.39, 0.29) is 11.6 Å². The molecule has 1 heterocycles. The van der Waals surface area contributed by atoms with Crippen LogP contribution in [0.1, 0.15) is 34.4 Å². The van der Waals surface area contributed by atoms with Crippen LogP contribution in [0.3, 0.4) is 0 Å². The maximum Gasteiger partial charge on any atom is 0.274 e. The molecule has 28 heavy (non-hydrogen) atoms. The maximum atomic E-state index is 12.8. The molecule has 0 spiro atoms. The van der Waals surface area contributed by atoms with Gasteiger partial charge in [-0.3, -0.25) is 4.79 Å². The van der Waals surface area contributed by atoms with Crippen molar-refractivity contribution >= 4 is 23.1 Å². The molecule has 0 bridgehead atoms. The molecule has 0 saturated carbocycles. The predicted molar refractivity (Wildman–Crippen MR) is 112 cm³/mol. The lowest BCUT2D eigenvalue weighted by Gasteiger charge is -2.13. The van der Waals surface area contributed by atoms with E-state index in [1.165, 1.54) is 5.56 Å². The van der Waals surface area contributed by atoms with Crippen LogP contribution in [-0.2, 0) is 6.42 Å². The van der Waals surface area contributed by atoms with Crippen molar-refractivity contribution in [3.63, 3.8) is 0 Å². The summed E-state index contributed by atoms with van der Waals surface area (Å²) in [4.78, 5) is 21.5. The normalized spacial score (nSPS) is 10.4. The van der Waals surface area contributed by atoms with Crippen LogP contribution in [0.4, 0.5) is 17.2 Å². The zero-order valence-corrected chi connectivity index (χ0v) is 16.5. The zero-order valence-electron chi connectivity index (χ0n) is 16.5. The van der Waals surface area contributed by atoms with Gasteiger partial charge in [0.05, 0.1) is 12.8 Å². The second-order valence-electron chi connectivity index (χ2n) is 6.48. The largest absolute Gasteiger partial charge is 0.495 e. The molecule has 1 aromatic heterocycles. The van der Waals surface area contributed by atoms with Crippen molar-refractivity contribution in [1.82, 2.24) is 9.97 Å². The molecule has 144 valence electrons. The Morgan fingerprint density at radius 2 is 1.82 bits per heavy atom. The summed E-state index contributed by atoms with van der Waals surface area (Å²) in [7, 11) is 1.57. The number of aryl methyl sites for hydroxylation is 3. The Labute approximate surface area is 165 Å². The highest BCUT2D eigenvalue weighted by Crippen LogP contribution is 2.26. The van der Waals surface area contributed by atoms with Gasteiger partial charge in [-0.25, -0.2) is 9.97 Å². The highest BCUT2D eigenvalue weighted by atomic mass is 16.5. The topological polar surface area (TPSA) is 76.1 Å². The van der Waals surface area contributed by atoms with Crippen molar-refractivity contribution in [2.24, 2.45) is 0 Å². The van der Waals surface area contributed by atoms with Crippen molar-refractivity contribution < 1.29 is 9.53 Å². The maximum absolute atomic E-state index is 12.8. The summed E-state index contributed by atoms with van der Waals surface area (Å²) in [5, 5.41) is 6.18. The Bertz CT molecular complexity index is 1000. The van der Waals surface area contributed by atoms with E-state index in [2.05, 4.69) is 33.6 Å². The number of benzene rings is 2. The third-order valence-corrected chi connectivity index (χ3v) is 4.33. The summed E-state index contributed by atoms with van der Waals surface area (Å²) in [6.45, 7) is 5.82.